The number of ether oxygens (including phenoxy) is 5. The van der Waals surface area contributed by atoms with E-state index in [0.717, 1.165) is 19.3 Å². The largest absolute Gasteiger partial charge is 2.00 e. The summed E-state index contributed by atoms with van der Waals surface area (Å²) in [4.78, 5) is 36.8. The molecular formula is C19H36N6O10Sn+2. The van der Waals surface area contributed by atoms with Crippen LogP contribution in [0.15, 0.2) is 10.2 Å². The van der Waals surface area contributed by atoms with Crippen molar-refractivity contribution in [1.82, 2.24) is 0 Å². The van der Waals surface area contributed by atoms with Crippen molar-refractivity contribution >= 4 is 41.8 Å². The predicted octanol–water partition coefficient (Wildman–Crippen LogP) is 1.06. The van der Waals surface area contributed by atoms with Crippen molar-refractivity contribution in [2.75, 3.05) is 72.6 Å². The molecule has 0 aromatic carbocycles. The Kier molecular flexibility index (Phi) is 39.5. The van der Waals surface area contributed by atoms with Crippen molar-refractivity contribution in [2.24, 2.45) is 10.2 Å². The first-order valence-corrected chi connectivity index (χ1v) is 10.4. The number of esters is 3. The Bertz CT molecular complexity index is 636. The maximum atomic E-state index is 10.9. The minimum Gasteiger partial charge on any atom is -0.466 e. The van der Waals surface area contributed by atoms with E-state index in [4.69, 9.17) is 35.5 Å². The van der Waals surface area contributed by atoms with Gasteiger partial charge in [-0.05, 0) is 30.3 Å². The molecule has 0 unspecified atom stereocenters. The number of aliphatic hydroxyl groups is 2. The van der Waals surface area contributed by atoms with Crippen LogP contribution in [0.4, 0.5) is 0 Å². The summed E-state index contributed by atoms with van der Waals surface area (Å²) in [6, 6.07) is 0. The topological polar surface area (TPSA) is 235 Å². The van der Waals surface area contributed by atoms with Crippen LogP contribution in [0.1, 0.15) is 33.1 Å². The van der Waals surface area contributed by atoms with Gasteiger partial charge in [-0.2, -0.15) is 0 Å². The molecule has 1 fully saturated rings. The van der Waals surface area contributed by atoms with Crippen molar-refractivity contribution in [3.8, 4) is 0 Å². The van der Waals surface area contributed by atoms with E-state index in [9.17, 15) is 14.4 Å². The molecule has 0 aromatic rings. The molecule has 1 aliphatic heterocycles. The molecule has 0 bridgehead atoms. The summed E-state index contributed by atoms with van der Waals surface area (Å²) >= 11 is 0. The molecule has 36 heavy (non-hydrogen) atoms. The van der Waals surface area contributed by atoms with Gasteiger partial charge in [0.05, 0.1) is 39.6 Å². The van der Waals surface area contributed by atoms with Gasteiger partial charge in [0.25, 0.3) is 0 Å². The van der Waals surface area contributed by atoms with Gasteiger partial charge in [-0.25, -0.2) is 9.59 Å². The normalized spacial score (nSPS) is 11.3. The Labute approximate surface area is 226 Å². The molecule has 0 aliphatic carbocycles. The maximum Gasteiger partial charge on any atom is 2.00 e. The van der Waals surface area contributed by atoms with Crippen LogP contribution in [0.25, 0.3) is 20.9 Å². The second kappa shape index (κ2) is 34.8. The van der Waals surface area contributed by atoms with Gasteiger partial charge in [-0.15, -0.1) is 0 Å². The van der Waals surface area contributed by atoms with Crippen LogP contribution in [0.5, 0.6) is 0 Å². The van der Waals surface area contributed by atoms with Crippen molar-refractivity contribution in [1.29, 1.82) is 0 Å². The number of nitrogens with zero attached hydrogens (tertiary/aromatic N) is 6. The first-order chi connectivity index (χ1) is 16.5. The number of rotatable bonds is 14. The molecular weight excluding hydrogens is 591 g/mol. The zero-order chi connectivity index (χ0) is 25.7. The van der Waals surface area contributed by atoms with Gasteiger partial charge in [-0.3, -0.25) is 4.79 Å². The van der Waals surface area contributed by atoms with Crippen molar-refractivity contribution in [2.45, 2.75) is 33.1 Å². The van der Waals surface area contributed by atoms with Gasteiger partial charge >= 0.3 is 41.8 Å². The summed E-state index contributed by atoms with van der Waals surface area (Å²) in [5, 5.41) is 22.9. The van der Waals surface area contributed by atoms with E-state index in [1.165, 1.54) is 0 Å². The van der Waals surface area contributed by atoms with Crippen molar-refractivity contribution in [3.63, 3.8) is 0 Å². The fourth-order valence-electron chi connectivity index (χ4n) is 1.82. The monoisotopic (exact) mass is 628 g/mol. The molecule has 1 saturated heterocycles. The minimum atomic E-state index is -0.896. The molecule has 17 heteroatoms. The number of hydrogen-bond acceptors (Lipinski definition) is 12. The summed E-state index contributed by atoms with van der Waals surface area (Å²) in [6.07, 6.45) is 3.83. The van der Waals surface area contributed by atoms with Crippen LogP contribution in [0.3, 0.4) is 0 Å². The molecule has 0 spiro atoms. The zero-order valence-electron chi connectivity index (χ0n) is 19.5. The Morgan fingerprint density at radius 1 is 0.889 bits per heavy atom. The van der Waals surface area contributed by atoms with E-state index in [2.05, 4.69) is 29.5 Å². The Morgan fingerprint density at radius 3 is 2.06 bits per heavy atom. The SMILES string of the molecule is C.O=C1CCCCCO1.[N-]=[N+]=NCCOCCO.[N-]=[N+]=NCCOCCOC(=O)COC(=O)CO.[Sn+2]. The van der Waals surface area contributed by atoms with Crippen LogP contribution >= 0.6 is 0 Å². The van der Waals surface area contributed by atoms with E-state index < -0.39 is 25.2 Å². The van der Waals surface area contributed by atoms with E-state index in [-0.39, 0.29) is 70.3 Å². The van der Waals surface area contributed by atoms with E-state index in [1.807, 2.05) is 0 Å². The van der Waals surface area contributed by atoms with Crippen LogP contribution in [0.2, 0.25) is 0 Å². The van der Waals surface area contributed by atoms with Gasteiger partial charge in [0.2, 0.25) is 0 Å². The number of cyclic esters (lactones) is 1. The summed E-state index contributed by atoms with van der Waals surface area (Å²) in [7, 11) is 0. The number of carbonyl (C=O) groups excluding carboxylic acids is 3. The zero-order valence-corrected chi connectivity index (χ0v) is 22.3. The molecule has 0 aromatic heterocycles. The summed E-state index contributed by atoms with van der Waals surface area (Å²) in [5.74, 6) is -1.65. The van der Waals surface area contributed by atoms with E-state index in [1.54, 1.807) is 0 Å². The molecule has 1 heterocycles. The van der Waals surface area contributed by atoms with Gasteiger partial charge < -0.3 is 33.9 Å². The van der Waals surface area contributed by atoms with Gasteiger partial charge in [0.15, 0.2) is 6.61 Å². The standard InChI is InChI=1S/C8H13N3O6.C6H10O2.C4H9N3O2.CH4.Sn/c9-11-10-1-2-15-3-4-16-8(14)6-17-7(13)5-12;7-6-4-2-1-3-5-8-6;5-7-6-1-3-9-4-2-8;;/h12H,1-6H2;1-5H2;8H,1-4H2;1H4;/q;;;;+2. The fraction of sp³-hybridized carbons (Fsp3) is 0.842. The molecule has 0 amide bonds. The van der Waals surface area contributed by atoms with Crippen molar-refractivity contribution < 1.29 is 48.3 Å². The molecule has 0 saturated carbocycles. The summed E-state index contributed by atoms with van der Waals surface area (Å²) in [6.45, 7) is 0.942. The molecule has 204 valence electrons. The quantitative estimate of drug-likeness (QED) is 0.0528. The van der Waals surface area contributed by atoms with Gasteiger partial charge in [0, 0.05) is 29.3 Å². The molecule has 2 radical (unpaired) electrons. The summed E-state index contributed by atoms with van der Waals surface area (Å²) in [5.41, 5.74) is 15.7. The van der Waals surface area contributed by atoms with Gasteiger partial charge in [-0.1, -0.05) is 17.7 Å². The third-order valence-corrected chi connectivity index (χ3v) is 3.29. The Morgan fingerprint density at radius 2 is 1.50 bits per heavy atom. The number of carbonyl (C=O) groups is 3. The van der Waals surface area contributed by atoms with Crippen LogP contribution < -0.4 is 0 Å². The average Bonchev–Trinajstić information content (AvgIpc) is 3.10. The van der Waals surface area contributed by atoms with Gasteiger partial charge in [0.1, 0.15) is 13.2 Å². The average molecular weight is 627 g/mol. The molecule has 0 atom stereocenters. The number of hydrogen-bond donors (Lipinski definition) is 2. The first kappa shape index (κ1) is 40.8. The van der Waals surface area contributed by atoms with Crippen LogP contribution in [-0.2, 0) is 38.1 Å². The second-order valence-electron chi connectivity index (χ2n) is 5.93. The molecule has 1 rings (SSSR count). The third-order valence-electron chi connectivity index (χ3n) is 3.29. The molecule has 16 nitrogen and oxygen atoms in total. The Hall–Kier alpha value is -2.33. The van der Waals surface area contributed by atoms with E-state index >= 15 is 0 Å². The second-order valence-corrected chi connectivity index (χ2v) is 5.93. The smallest absolute Gasteiger partial charge is 0.466 e. The molecule has 1 aliphatic rings. The van der Waals surface area contributed by atoms with E-state index in [0.29, 0.717) is 32.8 Å². The van der Waals surface area contributed by atoms with Crippen LogP contribution in [-0.4, -0.2) is 125 Å². The van der Waals surface area contributed by atoms with Crippen LogP contribution in [0, 0.1) is 0 Å². The Balaban J connectivity index is -0.000000228. The minimum absolute atomic E-state index is 0. The first-order valence-electron chi connectivity index (χ1n) is 10.4. The predicted molar refractivity (Wildman–Crippen MR) is 128 cm³/mol. The summed E-state index contributed by atoms with van der Waals surface area (Å²) < 4.78 is 23.4. The third kappa shape index (κ3) is 36.2. The fourth-order valence-corrected chi connectivity index (χ4v) is 1.82. The van der Waals surface area contributed by atoms with Crippen molar-refractivity contribution in [3.05, 3.63) is 20.9 Å². The molecule has 2 N–H and O–H groups in total. The number of azide groups is 2. The maximum absolute atomic E-state index is 10.9. The number of aliphatic hydroxyl groups excluding tert-OH is 2.